The lowest BCUT2D eigenvalue weighted by Gasteiger charge is -2.19. The van der Waals surface area contributed by atoms with Crippen molar-refractivity contribution in [1.29, 1.82) is 0 Å². The number of benzene rings is 1. The smallest absolute Gasteiger partial charge is 0.341 e. The van der Waals surface area contributed by atoms with Crippen LogP contribution in [0.4, 0.5) is 0 Å². The minimum atomic E-state index is -0.351. The lowest BCUT2D eigenvalue weighted by molar-refractivity contribution is -0.133. The van der Waals surface area contributed by atoms with Crippen molar-refractivity contribution in [3.8, 4) is 0 Å². The van der Waals surface area contributed by atoms with Gasteiger partial charge in [0.05, 0.1) is 27.1 Å². The molecule has 0 aromatic heterocycles. The Kier molecular flexibility index (Phi) is 8.25. The summed E-state index contributed by atoms with van der Waals surface area (Å²) in [4.78, 5) is 15.9. The van der Waals surface area contributed by atoms with E-state index in [4.69, 9.17) is 9.47 Å². The lowest BCUT2D eigenvalue weighted by Crippen LogP contribution is -2.11. The molecule has 5 nitrogen and oxygen atoms in total. The number of esters is 1. The Labute approximate surface area is 132 Å². The molecule has 0 fully saturated rings. The van der Waals surface area contributed by atoms with Crippen LogP contribution in [0.25, 0.3) is 5.57 Å². The number of rotatable bonds is 4. The number of hydrogen-bond donors (Lipinski definition) is 1. The predicted molar refractivity (Wildman–Crippen MR) is 85.9 cm³/mol. The van der Waals surface area contributed by atoms with Gasteiger partial charge in [0, 0.05) is 0 Å². The zero-order valence-electron chi connectivity index (χ0n) is 13.6. The molecule has 2 N–H and O–H groups in total. The third kappa shape index (κ3) is 4.86. The van der Waals surface area contributed by atoms with Crippen LogP contribution in [0.5, 0.6) is 0 Å². The molecule has 0 spiro atoms. The van der Waals surface area contributed by atoms with E-state index < -0.39 is 0 Å². The number of carbonyl (C=O) groups excluding carboxylic acids is 1. The Bertz CT molecular complexity index is 509. The van der Waals surface area contributed by atoms with E-state index in [0.717, 1.165) is 18.4 Å². The van der Waals surface area contributed by atoms with Crippen LogP contribution in [0.3, 0.4) is 0 Å². The van der Waals surface area contributed by atoms with Gasteiger partial charge in [-0.3, -0.25) is 0 Å². The van der Waals surface area contributed by atoms with E-state index >= 15 is 0 Å². The van der Waals surface area contributed by atoms with Crippen molar-refractivity contribution in [2.45, 2.75) is 32.6 Å². The number of hydrogen-bond acceptors (Lipinski definition) is 5. The summed E-state index contributed by atoms with van der Waals surface area (Å²) >= 11 is 0. The summed E-state index contributed by atoms with van der Waals surface area (Å²) in [5.74, 6) is 4.18. The van der Waals surface area contributed by atoms with Crippen LogP contribution in [0.2, 0.25) is 0 Å². The molecule has 0 amide bonds. The van der Waals surface area contributed by atoms with Crippen LogP contribution in [-0.4, -0.2) is 26.8 Å². The van der Waals surface area contributed by atoms with E-state index in [0.29, 0.717) is 12.2 Å². The fraction of sp³-hybridized carbons (Fsp3) is 0.471. The molecule has 1 aromatic rings. The molecular formula is C17H25NO4. The van der Waals surface area contributed by atoms with Gasteiger partial charge in [-0.25, -0.2) is 10.7 Å². The van der Waals surface area contributed by atoms with E-state index in [-0.39, 0.29) is 5.97 Å². The molecular weight excluding hydrogens is 282 g/mol. The SMILES string of the molecule is CCON.CO/C=C(/C(=O)OC)c1cccc2c1CCCC2. The fourth-order valence-electron chi connectivity index (χ4n) is 2.48. The van der Waals surface area contributed by atoms with Crippen LogP contribution in [0.15, 0.2) is 24.5 Å². The second-order valence-electron chi connectivity index (χ2n) is 4.86. The highest BCUT2D eigenvalue weighted by atomic mass is 16.6. The molecule has 0 radical (unpaired) electrons. The predicted octanol–water partition coefficient (Wildman–Crippen LogP) is 2.62. The molecule has 0 saturated carbocycles. The van der Waals surface area contributed by atoms with Gasteiger partial charge in [0.25, 0.3) is 0 Å². The number of nitrogens with two attached hydrogens (primary N) is 1. The van der Waals surface area contributed by atoms with E-state index in [1.54, 1.807) is 7.11 Å². The summed E-state index contributed by atoms with van der Waals surface area (Å²) < 4.78 is 9.83. The molecule has 0 aliphatic heterocycles. The third-order valence-corrected chi connectivity index (χ3v) is 3.49. The van der Waals surface area contributed by atoms with Crippen molar-refractivity contribution in [3.05, 3.63) is 41.2 Å². The lowest BCUT2D eigenvalue weighted by atomic mass is 9.86. The van der Waals surface area contributed by atoms with Gasteiger partial charge in [0.1, 0.15) is 5.57 Å². The van der Waals surface area contributed by atoms with Crippen LogP contribution in [-0.2, 0) is 31.9 Å². The number of carbonyl (C=O) groups is 1. The third-order valence-electron chi connectivity index (χ3n) is 3.49. The van der Waals surface area contributed by atoms with Crippen LogP contribution in [0, 0.1) is 0 Å². The minimum absolute atomic E-state index is 0.351. The van der Waals surface area contributed by atoms with Gasteiger partial charge in [-0.1, -0.05) is 18.2 Å². The molecule has 0 unspecified atom stereocenters. The molecule has 1 aliphatic carbocycles. The Morgan fingerprint density at radius 1 is 1.27 bits per heavy atom. The average Bonchev–Trinajstić information content (AvgIpc) is 2.59. The molecule has 1 aromatic carbocycles. The van der Waals surface area contributed by atoms with Gasteiger partial charge in [-0.2, -0.15) is 0 Å². The first-order chi connectivity index (χ1) is 10.7. The topological polar surface area (TPSA) is 70.8 Å². The van der Waals surface area contributed by atoms with Crippen molar-refractivity contribution in [1.82, 2.24) is 0 Å². The highest BCUT2D eigenvalue weighted by Crippen LogP contribution is 2.29. The first kappa shape index (κ1) is 18.2. The minimum Gasteiger partial charge on any atom is -0.503 e. The van der Waals surface area contributed by atoms with Crippen molar-refractivity contribution in [2.24, 2.45) is 5.90 Å². The molecule has 5 heteroatoms. The highest BCUT2D eigenvalue weighted by molar-refractivity contribution is 6.16. The van der Waals surface area contributed by atoms with Crippen LogP contribution in [0.1, 0.15) is 36.5 Å². The zero-order valence-corrected chi connectivity index (χ0v) is 13.6. The number of ether oxygens (including phenoxy) is 2. The molecule has 122 valence electrons. The maximum Gasteiger partial charge on any atom is 0.341 e. The van der Waals surface area contributed by atoms with Gasteiger partial charge >= 0.3 is 5.97 Å². The molecule has 22 heavy (non-hydrogen) atoms. The number of fused-ring (bicyclic) bond motifs is 1. The molecule has 1 aliphatic rings. The Morgan fingerprint density at radius 3 is 2.55 bits per heavy atom. The summed E-state index contributed by atoms with van der Waals surface area (Å²) in [6.07, 6.45) is 5.97. The van der Waals surface area contributed by atoms with Gasteiger partial charge < -0.3 is 14.3 Å². The van der Waals surface area contributed by atoms with Crippen molar-refractivity contribution in [3.63, 3.8) is 0 Å². The quantitative estimate of drug-likeness (QED) is 0.401. The van der Waals surface area contributed by atoms with Gasteiger partial charge in [-0.05, 0) is 49.3 Å². The van der Waals surface area contributed by atoms with Crippen molar-refractivity contribution in [2.75, 3.05) is 20.8 Å². The standard InChI is InChI=1S/C15H18O3.C2H7NO/c1-17-10-14(15(16)18-2)13-9-5-7-11-6-3-4-8-12(11)13;1-2-4-3/h5,7,9-10H,3-4,6,8H2,1-2H3;2-3H2,1H3/b14-10+;. The van der Waals surface area contributed by atoms with Crippen LogP contribution < -0.4 is 5.90 Å². The maximum atomic E-state index is 11.8. The van der Waals surface area contributed by atoms with E-state index in [1.807, 2.05) is 19.1 Å². The number of methoxy groups -OCH3 is 2. The van der Waals surface area contributed by atoms with E-state index in [9.17, 15) is 4.79 Å². The molecule has 0 atom stereocenters. The molecule has 0 heterocycles. The second-order valence-corrected chi connectivity index (χ2v) is 4.86. The fourth-order valence-corrected chi connectivity index (χ4v) is 2.48. The second kappa shape index (κ2) is 9.97. The van der Waals surface area contributed by atoms with Crippen molar-refractivity contribution >= 4 is 11.5 Å². The Balaban J connectivity index is 0.000000541. The Hall–Kier alpha value is -1.85. The normalized spacial score (nSPS) is 13.5. The highest BCUT2D eigenvalue weighted by Gasteiger charge is 2.20. The van der Waals surface area contributed by atoms with Gasteiger partial charge in [0.2, 0.25) is 0 Å². The largest absolute Gasteiger partial charge is 0.503 e. The summed E-state index contributed by atoms with van der Waals surface area (Å²) in [6, 6.07) is 6.09. The summed E-state index contributed by atoms with van der Waals surface area (Å²) in [5.41, 5.74) is 4.04. The summed E-state index contributed by atoms with van der Waals surface area (Å²) in [5, 5.41) is 0. The molecule has 0 bridgehead atoms. The molecule has 0 saturated heterocycles. The first-order valence-electron chi connectivity index (χ1n) is 7.43. The first-order valence-corrected chi connectivity index (χ1v) is 7.43. The summed E-state index contributed by atoms with van der Waals surface area (Å²) in [7, 11) is 2.93. The molecule has 2 rings (SSSR count). The Morgan fingerprint density at radius 2 is 1.95 bits per heavy atom. The monoisotopic (exact) mass is 307 g/mol. The van der Waals surface area contributed by atoms with E-state index in [2.05, 4.69) is 16.8 Å². The summed E-state index contributed by atoms with van der Waals surface area (Å²) in [6.45, 7) is 2.43. The average molecular weight is 307 g/mol. The van der Waals surface area contributed by atoms with Gasteiger partial charge in [-0.15, -0.1) is 0 Å². The zero-order chi connectivity index (χ0) is 16.4. The maximum absolute atomic E-state index is 11.8. The van der Waals surface area contributed by atoms with Gasteiger partial charge in [0.15, 0.2) is 0 Å². The van der Waals surface area contributed by atoms with Crippen molar-refractivity contribution < 1.29 is 19.1 Å². The number of aryl methyl sites for hydroxylation is 1. The van der Waals surface area contributed by atoms with Crippen LogP contribution >= 0.6 is 0 Å². The van der Waals surface area contributed by atoms with E-state index in [1.165, 1.54) is 37.3 Å².